The standard InChI is InChI=1S/C32H32N8O8/c1-31(2,3)47-29(45)37-19-13-9-7-11-17(19)35-25(41)21-23-27(43)40-16-34-22(24(40)28(44)39(23)15-33-21)26(42)36-18-12-8-10-14-20(18)38-30(46)48-32(4,5)6/h7-16H,1-6H3,(H,35,41)(H,36,42)(H,37,45)(H,38,46). The van der Waals surface area contributed by atoms with Crippen molar-refractivity contribution in [1.82, 2.24) is 18.8 Å². The number of fused-ring (bicyclic) bond motifs is 2. The summed E-state index contributed by atoms with van der Waals surface area (Å²) in [6.07, 6.45) is 0.487. The number of anilines is 4. The van der Waals surface area contributed by atoms with Crippen molar-refractivity contribution in [2.24, 2.45) is 0 Å². The Labute approximate surface area is 272 Å². The van der Waals surface area contributed by atoms with Crippen LogP contribution in [0, 0.1) is 0 Å². The molecule has 16 heteroatoms. The maximum Gasteiger partial charge on any atom is 0.412 e. The first-order chi connectivity index (χ1) is 22.5. The maximum absolute atomic E-state index is 13.6. The lowest BCUT2D eigenvalue weighted by Gasteiger charge is -2.20. The number of para-hydroxylation sites is 4. The molecule has 5 aromatic rings. The van der Waals surface area contributed by atoms with Gasteiger partial charge in [-0.3, -0.25) is 38.6 Å². The second kappa shape index (κ2) is 12.5. The smallest absolute Gasteiger partial charge is 0.412 e. The Kier molecular flexibility index (Phi) is 8.58. The van der Waals surface area contributed by atoms with Gasteiger partial charge in [0.25, 0.3) is 22.9 Å². The van der Waals surface area contributed by atoms with Gasteiger partial charge in [-0.15, -0.1) is 0 Å². The highest BCUT2D eigenvalue weighted by molar-refractivity contribution is 6.11. The zero-order chi connectivity index (χ0) is 35.0. The Hall–Kier alpha value is -6.32. The number of carbonyl (C=O) groups is 4. The highest BCUT2D eigenvalue weighted by Crippen LogP contribution is 2.25. The van der Waals surface area contributed by atoms with Crippen LogP contribution in [-0.4, -0.2) is 54.0 Å². The van der Waals surface area contributed by atoms with Crippen molar-refractivity contribution in [3.05, 3.63) is 93.3 Å². The van der Waals surface area contributed by atoms with Gasteiger partial charge in [0.15, 0.2) is 11.4 Å². The predicted molar refractivity (Wildman–Crippen MR) is 176 cm³/mol. The van der Waals surface area contributed by atoms with Crippen LogP contribution in [0.15, 0.2) is 70.8 Å². The number of ether oxygens (including phenoxy) is 2. The normalized spacial score (nSPS) is 11.6. The van der Waals surface area contributed by atoms with E-state index in [0.29, 0.717) is 0 Å². The van der Waals surface area contributed by atoms with Crippen LogP contribution in [0.1, 0.15) is 62.5 Å². The Morgan fingerprint density at radius 3 is 1.19 bits per heavy atom. The summed E-state index contributed by atoms with van der Waals surface area (Å²) in [6, 6.07) is 12.6. The average molecular weight is 657 g/mol. The Morgan fingerprint density at radius 2 is 0.875 bits per heavy atom. The zero-order valence-electron chi connectivity index (χ0n) is 26.8. The fraction of sp³-hybridized carbons (Fsp3) is 0.250. The van der Waals surface area contributed by atoms with E-state index in [2.05, 4.69) is 31.2 Å². The Morgan fingerprint density at radius 1 is 0.562 bits per heavy atom. The number of benzene rings is 2. The van der Waals surface area contributed by atoms with Crippen LogP contribution in [0.3, 0.4) is 0 Å². The molecule has 5 rings (SSSR count). The fourth-order valence-corrected chi connectivity index (χ4v) is 4.57. The van der Waals surface area contributed by atoms with Crippen LogP contribution >= 0.6 is 0 Å². The lowest BCUT2D eigenvalue weighted by molar-refractivity contribution is 0.0624. The zero-order valence-corrected chi connectivity index (χ0v) is 26.8. The molecule has 2 aromatic carbocycles. The summed E-state index contributed by atoms with van der Waals surface area (Å²) in [4.78, 5) is 86.6. The van der Waals surface area contributed by atoms with Gasteiger partial charge in [-0.25, -0.2) is 19.6 Å². The third kappa shape index (κ3) is 7.06. The summed E-state index contributed by atoms with van der Waals surface area (Å²) in [5, 5.41) is 10.3. The van der Waals surface area contributed by atoms with Crippen molar-refractivity contribution in [3.63, 3.8) is 0 Å². The monoisotopic (exact) mass is 656 g/mol. The quantitative estimate of drug-likeness (QED) is 0.204. The minimum atomic E-state index is -0.848. The SMILES string of the molecule is CC(C)(C)OC(=O)Nc1ccccc1NC(=O)c1ncn2c(=O)c3c(C(=O)Nc4ccccc4NC(=O)OC(C)(C)C)ncn3c(=O)c12. The highest BCUT2D eigenvalue weighted by atomic mass is 16.6. The molecule has 4 N–H and O–H groups in total. The molecule has 48 heavy (non-hydrogen) atoms. The Bertz CT molecular complexity index is 2040. The molecule has 3 aromatic heterocycles. The molecule has 0 saturated heterocycles. The molecule has 16 nitrogen and oxygen atoms in total. The third-order valence-electron chi connectivity index (χ3n) is 6.43. The molecule has 0 aliphatic rings. The topological polar surface area (TPSA) is 204 Å². The van der Waals surface area contributed by atoms with Gasteiger partial charge in [0.1, 0.15) is 34.9 Å². The summed E-state index contributed by atoms with van der Waals surface area (Å²) < 4.78 is 12.3. The minimum absolute atomic E-state index is 0.174. The molecule has 0 aliphatic carbocycles. The number of carbonyl (C=O) groups excluding carboxylic acids is 4. The van der Waals surface area contributed by atoms with E-state index in [1.165, 1.54) is 24.3 Å². The van der Waals surface area contributed by atoms with Crippen LogP contribution in [0.2, 0.25) is 0 Å². The summed E-state index contributed by atoms with van der Waals surface area (Å²) in [7, 11) is 0. The van der Waals surface area contributed by atoms with E-state index in [4.69, 9.17) is 9.47 Å². The van der Waals surface area contributed by atoms with E-state index in [1.807, 2.05) is 0 Å². The minimum Gasteiger partial charge on any atom is -0.444 e. The summed E-state index contributed by atoms with van der Waals surface area (Å²) in [5.74, 6) is -1.70. The van der Waals surface area contributed by atoms with E-state index in [1.54, 1.807) is 65.8 Å². The van der Waals surface area contributed by atoms with Gasteiger partial charge in [0.2, 0.25) is 0 Å². The van der Waals surface area contributed by atoms with Crippen LogP contribution in [0.4, 0.5) is 32.3 Å². The van der Waals surface area contributed by atoms with Crippen LogP contribution in [0.5, 0.6) is 0 Å². The second-order valence-corrected chi connectivity index (χ2v) is 12.5. The van der Waals surface area contributed by atoms with Gasteiger partial charge in [-0.05, 0) is 65.8 Å². The average Bonchev–Trinajstić information content (AvgIpc) is 3.62. The molecule has 4 amide bonds. The van der Waals surface area contributed by atoms with Crippen molar-refractivity contribution in [2.75, 3.05) is 21.3 Å². The maximum atomic E-state index is 13.6. The first kappa shape index (κ1) is 33.1. The van der Waals surface area contributed by atoms with E-state index in [0.717, 1.165) is 21.5 Å². The van der Waals surface area contributed by atoms with Crippen molar-refractivity contribution < 1.29 is 28.7 Å². The number of amides is 4. The number of hydrogen-bond acceptors (Lipinski definition) is 10. The molecule has 0 fully saturated rings. The fourth-order valence-electron chi connectivity index (χ4n) is 4.57. The van der Waals surface area contributed by atoms with Crippen LogP contribution in [0.25, 0.3) is 11.0 Å². The molecule has 0 saturated carbocycles. The van der Waals surface area contributed by atoms with Gasteiger partial charge in [-0.1, -0.05) is 24.3 Å². The molecule has 0 radical (unpaired) electrons. The third-order valence-corrected chi connectivity index (χ3v) is 6.43. The molecule has 0 aliphatic heterocycles. The summed E-state index contributed by atoms with van der Waals surface area (Å²) in [6.45, 7) is 10.2. The lowest BCUT2D eigenvalue weighted by Crippen LogP contribution is -2.29. The molecule has 3 heterocycles. The largest absolute Gasteiger partial charge is 0.444 e. The highest BCUT2D eigenvalue weighted by Gasteiger charge is 2.26. The molecular weight excluding hydrogens is 624 g/mol. The lowest BCUT2D eigenvalue weighted by atomic mass is 10.2. The number of aromatic nitrogens is 4. The van der Waals surface area contributed by atoms with Gasteiger partial charge >= 0.3 is 12.2 Å². The van der Waals surface area contributed by atoms with E-state index in [9.17, 15) is 28.8 Å². The van der Waals surface area contributed by atoms with E-state index in [-0.39, 0.29) is 45.2 Å². The van der Waals surface area contributed by atoms with E-state index < -0.39 is 46.3 Å². The molecular formula is C32H32N8O8. The summed E-state index contributed by atoms with van der Waals surface area (Å²) in [5.41, 5.74) is -3.92. The molecule has 0 spiro atoms. The van der Waals surface area contributed by atoms with Crippen molar-refractivity contribution in [3.8, 4) is 0 Å². The second-order valence-electron chi connectivity index (χ2n) is 12.5. The van der Waals surface area contributed by atoms with Crippen LogP contribution < -0.4 is 32.4 Å². The van der Waals surface area contributed by atoms with Crippen molar-refractivity contribution in [1.29, 1.82) is 0 Å². The predicted octanol–water partition coefficient (Wildman–Crippen LogP) is 4.34. The molecule has 248 valence electrons. The molecule has 0 atom stereocenters. The first-order valence-corrected chi connectivity index (χ1v) is 14.6. The van der Waals surface area contributed by atoms with Crippen molar-refractivity contribution in [2.45, 2.75) is 52.7 Å². The van der Waals surface area contributed by atoms with Gasteiger partial charge in [0.05, 0.1) is 22.7 Å². The first-order valence-electron chi connectivity index (χ1n) is 14.6. The number of imidazole rings is 2. The van der Waals surface area contributed by atoms with Gasteiger partial charge in [-0.2, -0.15) is 0 Å². The van der Waals surface area contributed by atoms with E-state index >= 15 is 0 Å². The number of nitrogens with zero attached hydrogens (tertiary/aromatic N) is 4. The van der Waals surface area contributed by atoms with Gasteiger partial charge < -0.3 is 20.1 Å². The molecule has 0 unspecified atom stereocenters. The van der Waals surface area contributed by atoms with Crippen molar-refractivity contribution >= 4 is 57.8 Å². The van der Waals surface area contributed by atoms with Crippen LogP contribution in [-0.2, 0) is 9.47 Å². The molecule has 0 bridgehead atoms. The number of nitrogens with one attached hydrogen (secondary N) is 4. The number of hydrogen-bond donors (Lipinski definition) is 4. The Balaban J connectivity index is 1.43. The number of rotatable bonds is 6. The van der Waals surface area contributed by atoms with Gasteiger partial charge in [0, 0.05) is 0 Å². The summed E-state index contributed by atoms with van der Waals surface area (Å²) >= 11 is 0.